The molecule has 3 aromatic carbocycles. The summed E-state index contributed by atoms with van der Waals surface area (Å²) in [4.78, 5) is 66.3. The molecule has 0 saturated carbocycles. The number of carbonyl (C=O) groups excluding carboxylic acids is 5. The number of fused-ring (bicyclic) bond motifs is 1. The SMILES string of the molecule is CCC(=O)N1c2ccccc2[C@H](N(C(=O)OCc2ccc(NC(=O)CNC(=O)OC(C)(C)C)cc2)c2ccc(NC(=O)CN)cc2)C[C@@H]1C. The molecule has 2 atom stereocenters. The summed E-state index contributed by atoms with van der Waals surface area (Å²) in [7, 11) is 0. The molecule has 0 fully saturated rings. The summed E-state index contributed by atoms with van der Waals surface area (Å²) >= 11 is 0. The molecule has 260 valence electrons. The zero-order valence-corrected chi connectivity index (χ0v) is 28.4. The van der Waals surface area contributed by atoms with E-state index in [4.69, 9.17) is 15.2 Å². The van der Waals surface area contributed by atoms with Crippen LogP contribution in [0.2, 0.25) is 0 Å². The fourth-order valence-corrected chi connectivity index (χ4v) is 5.48. The summed E-state index contributed by atoms with van der Waals surface area (Å²) in [6, 6.07) is 20.5. The molecule has 0 radical (unpaired) electrons. The van der Waals surface area contributed by atoms with E-state index in [1.165, 1.54) is 0 Å². The number of nitrogens with zero attached hydrogens (tertiary/aromatic N) is 2. The number of alkyl carbamates (subject to hydrolysis) is 1. The van der Waals surface area contributed by atoms with Gasteiger partial charge in [-0.2, -0.15) is 0 Å². The molecule has 0 bridgehead atoms. The molecule has 0 spiro atoms. The van der Waals surface area contributed by atoms with E-state index >= 15 is 0 Å². The molecule has 1 heterocycles. The van der Waals surface area contributed by atoms with E-state index in [1.54, 1.807) is 79.1 Å². The minimum atomic E-state index is -0.693. The van der Waals surface area contributed by atoms with Crippen molar-refractivity contribution in [3.8, 4) is 0 Å². The van der Waals surface area contributed by atoms with Crippen LogP contribution in [0.5, 0.6) is 0 Å². The van der Waals surface area contributed by atoms with Gasteiger partial charge < -0.3 is 36.1 Å². The molecule has 49 heavy (non-hydrogen) atoms. The summed E-state index contributed by atoms with van der Waals surface area (Å²) in [5.41, 5.74) is 8.54. The van der Waals surface area contributed by atoms with Crippen molar-refractivity contribution in [2.24, 2.45) is 5.73 Å². The second-order valence-corrected chi connectivity index (χ2v) is 12.6. The third kappa shape index (κ3) is 9.80. The second kappa shape index (κ2) is 16.1. The average Bonchev–Trinajstić information content (AvgIpc) is 3.06. The molecule has 0 saturated heterocycles. The Kier molecular flexibility index (Phi) is 12.0. The number of nitrogens with two attached hydrogens (primary N) is 1. The quantitative estimate of drug-likeness (QED) is 0.220. The molecule has 0 unspecified atom stereocenters. The highest BCUT2D eigenvalue weighted by Gasteiger charge is 2.38. The summed E-state index contributed by atoms with van der Waals surface area (Å²) in [6.45, 7) is 8.48. The van der Waals surface area contributed by atoms with Crippen LogP contribution in [0.1, 0.15) is 64.6 Å². The van der Waals surface area contributed by atoms with Crippen molar-refractivity contribution in [3.63, 3.8) is 0 Å². The number of anilines is 4. The van der Waals surface area contributed by atoms with Gasteiger partial charge in [0.2, 0.25) is 17.7 Å². The van der Waals surface area contributed by atoms with Crippen LogP contribution in [-0.2, 0) is 30.5 Å². The molecular formula is C36H44N6O7. The average molecular weight is 673 g/mol. The minimum absolute atomic E-state index is 0.00790. The Morgan fingerprint density at radius 1 is 0.898 bits per heavy atom. The number of rotatable bonds is 10. The van der Waals surface area contributed by atoms with E-state index in [0.717, 1.165) is 11.3 Å². The standard InChI is InChI=1S/C36H44N6O7/c1-6-33(45)41-23(2)19-30(28-9-7-8-10-29(28)41)42(27-17-15-26(16-18-27)39-31(43)20-37)35(47)48-22-24-11-13-25(14-12-24)40-32(44)21-38-34(46)49-36(3,4)5/h7-18,23,30H,6,19-22,37H2,1-5H3,(H,38,46)(H,39,43)(H,40,44)/t23-,30+/m0/s1. The molecule has 13 nitrogen and oxygen atoms in total. The summed E-state index contributed by atoms with van der Waals surface area (Å²) in [5, 5.41) is 7.81. The Bertz CT molecular complexity index is 1650. The van der Waals surface area contributed by atoms with Crippen molar-refractivity contribution >= 4 is 52.7 Å². The molecule has 0 aromatic heterocycles. The monoisotopic (exact) mass is 672 g/mol. The predicted octanol–water partition coefficient (Wildman–Crippen LogP) is 5.47. The molecule has 5 amide bonds. The van der Waals surface area contributed by atoms with Gasteiger partial charge in [0, 0.05) is 35.2 Å². The molecule has 1 aliphatic heterocycles. The van der Waals surface area contributed by atoms with E-state index in [-0.39, 0.29) is 37.6 Å². The van der Waals surface area contributed by atoms with Gasteiger partial charge in [-0.25, -0.2) is 9.59 Å². The van der Waals surface area contributed by atoms with Crippen LogP contribution >= 0.6 is 0 Å². The van der Waals surface area contributed by atoms with Gasteiger partial charge in [0.05, 0.1) is 12.6 Å². The smallest absolute Gasteiger partial charge is 0.415 e. The number of carbonyl (C=O) groups is 5. The Labute approximate surface area is 286 Å². The third-order valence-corrected chi connectivity index (χ3v) is 7.65. The van der Waals surface area contributed by atoms with Gasteiger partial charge in [-0.3, -0.25) is 19.3 Å². The number of ether oxygens (including phenoxy) is 2. The van der Waals surface area contributed by atoms with Crippen LogP contribution < -0.4 is 31.5 Å². The highest BCUT2D eigenvalue weighted by atomic mass is 16.6. The molecule has 4 rings (SSSR count). The lowest BCUT2D eigenvalue weighted by atomic mass is 9.90. The normalized spacial score (nSPS) is 15.3. The first-order valence-electron chi connectivity index (χ1n) is 16.1. The van der Waals surface area contributed by atoms with Gasteiger partial charge in [-0.05, 0) is 87.7 Å². The van der Waals surface area contributed by atoms with Gasteiger partial charge in [-0.1, -0.05) is 37.3 Å². The lowest BCUT2D eigenvalue weighted by molar-refractivity contribution is -0.119. The third-order valence-electron chi connectivity index (χ3n) is 7.65. The van der Waals surface area contributed by atoms with E-state index in [2.05, 4.69) is 16.0 Å². The van der Waals surface area contributed by atoms with Crippen molar-refractivity contribution in [2.45, 2.75) is 71.8 Å². The topological polar surface area (TPSA) is 172 Å². The molecule has 13 heteroatoms. The predicted molar refractivity (Wildman–Crippen MR) is 187 cm³/mol. The van der Waals surface area contributed by atoms with Gasteiger partial charge >= 0.3 is 12.2 Å². The zero-order chi connectivity index (χ0) is 35.7. The second-order valence-electron chi connectivity index (χ2n) is 12.6. The van der Waals surface area contributed by atoms with Crippen molar-refractivity contribution < 1.29 is 33.4 Å². The molecule has 1 aliphatic rings. The van der Waals surface area contributed by atoms with Crippen molar-refractivity contribution in [3.05, 3.63) is 83.9 Å². The van der Waals surface area contributed by atoms with E-state index in [9.17, 15) is 24.0 Å². The van der Waals surface area contributed by atoms with Gasteiger partial charge in [0.1, 0.15) is 18.8 Å². The lowest BCUT2D eigenvalue weighted by Gasteiger charge is -2.43. The number of hydrogen-bond donors (Lipinski definition) is 4. The van der Waals surface area contributed by atoms with Crippen LogP contribution in [0, 0.1) is 0 Å². The van der Waals surface area contributed by atoms with Gasteiger partial charge in [0.15, 0.2) is 0 Å². The van der Waals surface area contributed by atoms with E-state index in [1.807, 2.05) is 38.1 Å². The lowest BCUT2D eigenvalue weighted by Crippen LogP contribution is -2.47. The van der Waals surface area contributed by atoms with Crippen molar-refractivity contribution in [1.82, 2.24) is 5.32 Å². The first-order chi connectivity index (χ1) is 23.3. The van der Waals surface area contributed by atoms with Crippen molar-refractivity contribution in [1.29, 1.82) is 0 Å². The van der Waals surface area contributed by atoms with Gasteiger partial charge in [-0.15, -0.1) is 0 Å². The fourth-order valence-electron chi connectivity index (χ4n) is 5.48. The Morgan fingerprint density at radius 3 is 2.12 bits per heavy atom. The van der Waals surface area contributed by atoms with E-state index < -0.39 is 29.7 Å². The fraction of sp³-hybridized carbons (Fsp3) is 0.361. The minimum Gasteiger partial charge on any atom is -0.444 e. The number of benzene rings is 3. The molecular weight excluding hydrogens is 628 g/mol. The molecule has 5 N–H and O–H groups in total. The summed E-state index contributed by atoms with van der Waals surface area (Å²) < 4.78 is 11.0. The van der Waals surface area contributed by atoms with Crippen LogP contribution in [0.4, 0.5) is 32.3 Å². The van der Waals surface area contributed by atoms with Crippen LogP contribution in [0.3, 0.4) is 0 Å². The zero-order valence-electron chi connectivity index (χ0n) is 28.4. The van der Waals surface area contributed by atoms with Crippen molar-refractivity contribution in [2.75, 3.05) is 33.5 Å². The Hall–Kier alpha value is -5.43. The number of hydrogen-bond acceptors (Lipinski definition) is 8. The first kappa shape index (κ1) is 36.4. The highest BCUT2D eigenvalue weighted by molar-refractivity contribution is 5.97. The first-order valence-corrected chi connectivity index (χ1v) is 16.1. The largest absolute Gasteiger partial charge is 0.444 e. The van der Waals surface area contributed by atoms with Crippen LogP contribution in [0.15, 0.2) is 72.8 Å². The Balaban J connectivity index is 1.51. The van der Waals surface area contributed by atoms with E-state index in [0.29, 0.717) is 35.5 Å². The maximum atomic E-state index is 14.0. The molecule has 0 aliphatic carbocycles. The highest BCUT2D eigenvalue weighted by Crippen LogP contribution is 2.43. The Morgan fingerprint density at radius 2 is 1.51 bits per heavy atom. The molecule has 3 aromatic rings. The van der Waals surface area contributed by atoms with Gasteiger partial charge in [0.25, 0.3) is 0 Å². The van der Waals surface area contributed by atoms with Crippen LogP contribution in [-0.4, -0.2) is 54.6 Å². The number of amides is 5. The maximum Gasteiger partial charge on any atom is 0.415 e. The maximum absolute atomic E-state index is 14.0. The van der Waals surface area contributed by atoms with Crippen LogP contribution in [0.25, 0.3) is 0 Å². The summed E-state index contributed by atoms with van der Waals surface area (Å²) in [6.07, 6.45) is -0.496. The number of para-hydroxylation sites is 1. The summed E-state index contributed by atoms with van der Waals surface area (Å²) in [5.74, 6) is -0.787. The number of nitrogens with one attached hydrogen (secondary N) is 3.